The number of pyridine rings is 1. The zero-order chi connectivity index (χ0) is 23.6. The summed E-state index contributed by atoms with van der Waals surface area (Å²) in [6.45, 7) is -1.18. The number of rotatable bonds is 4. The van der Waals surface area contributed by atoms with Crippen LogP contribution in [0.4, 0.5) is 13.2 Å². The highest BCUT2D eigenvalue weighted by molar-refractivity contribution is 5.78. The third-order valence-electron chi connectivity index (χ3n) is 5.91. The Kier molecular flexibility index (Phi) is 4.25. The van der Waals surface area contributed by atoms with E-state index in [-0.39, 0.29) is 17.4 Å². The second-order valence-electron chi connectivity index (χ2n) is 8.19. The van der Waals surface area contributed by atoms with Gasteiger partial charge >= 0.3 is 11.9 Å². The molecule has 34 heavy (non-hydrogen) atoms. The van der Waals surface area contributed by atoms with E-state index >= 15 is 0 Å². The van der Waals surface area contributed by atoms with Crippen molar-refractivity contribution in [3.8, 4) is 11.3 Å². The van der Waals surface area contributed by atoms with Crippen LogP contribution in [0.25, 0.3) is 27.8 Å². The summed E-state index contributed by atoms with van der Waals surface area (Å²) in [4.78, 5) is 37.2. The van der Waals surface area contributed by atoms with Crippen molar-refractivity contribution in [2.45, 2.75) is 31.0 Å². The summed E-state index contributed by atoms with van der Waals surface area (Å²) < 4.78 is 41.3. The van der Waals surface area contributed by atoms with Crippen LogP contribution in [-0.4, -0.2) is 45.5 Å². The lowest BCUT2D eigenvalue weighted by atomic mass is 10.1. The van der Waals surface area contributed by atoms with E-state index in [1.165, 1.54) is 18.6 Å². The number of hydrogen-bond donors (Lipinski definition) is 2. The highest BCUT2D eigenvalue weighted by Crippen LogP contribution is 2.54. The van der Waals surface area contributed by atoms with Gasteiger partial charge in [0, 0.05) is 41.4 Å². The summed E-state index contributed by atoms with van der Waals surface area (Å²) in [5.41, 5.74) is 1.72. The molecule has 0 aliphatic heterocycles. The molecule has 10 nitrogen and oxygen atoms in total. The average molecular weight is 468 g/mol. The molecule has 0 radical (unpaired) electrons. The molecule has 5 aromatic rings. The molecular formula is C21H15F3N8O2. The highest BCUT2D eigenvalue weighted by atomic mass is 19.4. The first kappa shape index (κ1) is 20.3. The van der Waals surface area contributed by atoms with E-state index in [0.29, 0.717) is 34.4 Å². The third kappa shape index (κ3) is 3.45. The molecule has 5 aromatic heterocycles. The van der Waals surface area contributed by atoms with Gasteiger partial charge in [0.05, 0.1) is 34.9 Å². The number of halogens is 3. The maximum absolute atomic E-state index is 12.9. The van der Waals surface area contributed by atoms with E-state index in [2.05, 4.69) is 30.1 Å². The molecule has 5 heterocycles. The number of alkyl halides is 3. The molecular weight excluding hydrogens is 453 g/mol. The standard InChI is InChI=1S/C21H15F3N8O2/c22-21(23,24)9-31-16-4-14(25-6-10(16)7-28-31)11-3-12(11)17-5-15(29-18-1-2-27-32(17)18)13-8-26-20(34)30-19(13)33/h1-2,4-8,11-12H,3,9H2,(H2,26,30,33,34). The van der Waals surface area contributed by atoms with Crippen LogP contribution in [0.2, 0.25) is 0 Å². The summed E-state index contributed by atoms with van der Waals surface area (Å²) in [5, 5.41) is 8.71. The van der Waals surface area contributed by atoms with Gasteiger partial charge in [-0.3, -0.25) is 19.4 Å². The van der Waals surface area contributed by atoms with Gasteiger partial charge in [0.25, 0.3) is 5.56 Å². The fraction of sp³-hybridized carbons (Fsp3) is 0.238. The van der Waals surface area contributed by atoms with Gasteiger partial charge in [-0.05, 0) is 18.6 Å². The normalized spacial score (nSPS) is 18.1. The number of fused-ring (bicyclic) bond motifs is 2. The van der Waals surface area contributed by atoms with Gasteiger partial charge in [0.15, 0.2) is 5.65 Å². The van der Waals surface area contributed by atoms with Crippen LogP contribution < -0.4 is 11.2 Å². The molecule has 1 fully saturated rings. The highest BCUT2D eigenvalue weighted by Gasteiger charge is 2.43. The number of hydrogen-bond acceptors (Lipinski definition) is 6. The molecule has 2 atom stereocenters. The number of aromatic nitrogens is 8. The van der Waals surface area contributed by atoms with Crippen LogP contribution in [0.15, 0.2) is 52.6 Å². The molecule has 13 heteroatoms. The monoisotopic (exact) mass is 468 g/mol. The minimum Gasteiger partial charge on any atom is -0.313 e. The Morgan fingerprint density at radius 2 is 1.97 bits per heavy atom. The molecule has 0 saturated heterocycles. The lowest BCUT2D eigenvalue weighted by Gasteiger charge is -2.09. The molecule has 2 unspecified atom stereocenters. The van der Waals surface area contributed by atoms with Gasteiger partial charge in [-0.15, -0.1) is 0 Å². The summed E-state index contributed by atoms with van der Waals surface area (Å²) in [6, 6.07) is 5.08. The van der Waals surface area contributed by atoms with Gasteiger partial charge in [0.2, 0.25) is 0 Å². The maximum atomic E-state index is 12.9. The predicted molar refractivity (Wildman–Crippen MR) is 113 cm³/mol. The number of nitrogens with one attached hydrogen (secondary N) is 2. The van der Waals surface area contributed by atoms with Crippen LogP contribution in [0.1, 0.15) is 29.6 Å². The Morgan fingerprint density at radius 1 is 1.12 bits per heavy atom. The topological polar surface area (TPSA) is 127 Å². The van der Waals surface area contributed by atoms with Crippen LogP contribution in [0.3, 0.4) is 0 Å². The van der Waals surface area contributed by atoms with Gasteiger partial charge < -0.3 is 4.98 Å². The second kappa shape index (κ2) is 7.10. The fourth-order valence-electron chi connectivity index (χ4n) is 4.27. The van der Waals surface area contributed by atoms with E-state index in [0.717, 1.165) is 10.4 Å². The molecule has 1 aliphatic rings. The van der Waals surface area contributed by atoms with Crippen molar-refractivity contribution in [1.29, 1.82) is 0 Å². The van der Waals surface area contributed by atoms with Gasteiger partial charge in [-0.1, -0.05) is 0 Å². The van der Waals surface area contributed by atoms with E-state index in [9.17, 15) is 22.8 Å². The van der Waals surface area contributed by atoms with E-state index in [4.69, 9.17) is 0 Å². The molecule has 1 aliphatic carbocycles. The molecule has 0 aromatic carbocycles. The third-order valence-corrected chi connectivity index (χ3v) is 5.91. The zero-order valence-electron chi connectivity index (χ0n) is 17.2. The first-order valence-electron chi connectivity index (χ1n) is 10.3. The quantitative estimate of drug-likeness (QED) is 0.417. The minimum atomic E-state index is -4.39. The summed E-state index contributed by atoms with van der Waals surface area (Å²) in [7, 11) is 0. The van der Waals surface area contributed by atoms with Crippen LogP contribution >= 0.6 is 0 Å². The SMILES string of the molecule is O=c1[nH]cc(-c2cc(C3CC3c3cc4c(cn3)cnn4CC(F)(F)F)n3nccc3n2)c(=O)[nH]1. The van der Waals surface area contributed by atoms with Crippen molar-refractivity contribution < 1.29 is 13.2 Å². The van der Waals surface area contributed by atoms with Crippen molar-refractivity contribution in [2.75, 3.05) is 0 Å². The second-order valence-corrected chi connectivity index (χ2v) is 8.19. The minimum absolute atomic E-state index is 0.0325. The molecule has 2 N–H and O–H groups in total. The van der Waals surface area contributed by atoms with Crippen LogP contribution in [-0.2, 0) is 6.54 Å². The first-order valence-corrected chi connectivity index (χ1v) is 10.3. The van der Waals surface area contributed by atoms with E-state index < -0.39 is 24.0 Å². The van der Waals surface area contributed by atoms with Crippen molar-refractivity contribution >= 4 is 16.6 Å². The number of aromatic amines is 2. The number of H-pyrrole nitrogens is 2. The lowest BCUT2D eigenvalue weighted by Crippen LogP contribution is -2.23. The van der Waals surface area contributed by atoms with Gasteiger partial charge in [0.1, 0.15) is 6.54 Å². The van der Waals surface area contributed by atoms with Gasteiger partial charge in [-0.25, -0.2) is 14.3 Å². The Bertz CT molecular complexity index is 1680. The molecule has 1 saturated carbocycles. The largest absolute Gasteiger partial charge is 0.408 e. The van der Waals surface area contributed by atoms with Crippen molar-refractivity contribution in [1.82, 2.24) is 39.3 Å². The van der Waals surface area contributed by atoms with E-state index in [1.807, 2.05) is 0 Å². The molecule has 172 valence electrons. The van der Waals surface area contributed by atoms with Gasteiger partial charge in [-0.2, -0.15) is 23.4 Å². The van der Waals surface area contributed by atoms with Crippen molar-refractivity contribution in [3.05, 3.63) is 75.2 Å². The zero-order valence-corrected chi connectivity index (χ0v) is 17.2. The molecule has 6 rings (SSSR count). The molecule has 0 bridgehead atoms. The smallest absolute Gasteiger partial charge is 0.313 e. The predicted octanol–water partition coefficient (Wildman–Crippen LogP) is 2.35. The van der Waals surface area contributed by atoms with Crippen molar-refractivity contribution in [3.63, 3.8) is 0 Å². The summed E-state index contributed by atoms with van der Waals surface area (Å²) in [6.07, 6.45) is 2.11. The maximum Gasteiger partial charge on any atom is 0.408 e. The molecule has 0 amide bonds. The van der Waals surface area contributed by atoms with Crippen molar-refractivity contribution in [2.24, 2.45) is 0 Å². The summed E-state index contributed by atoms with van der Waals surface area (Å²) in [5.74, 6) is -0.0786. The van der Waals surface area contributed by atoms with E-state index in [1.54, 1.807) is 28.9 Å². The molecule has 0 spiro atoms. The fourth-order valence-corrected chi connectivity index (χ4v) is 4.27. The Morgan fingerprint density at radius 3 is 2.76 bits per heavy atom. The number of nitrogens with zero attached hydrogens (tertiary/aromatic N) is 6. The Hall–Kier alpha value is -4.29. The Balaban J connectivity index is 1.39. The van der Waals surface area contributed by atoms with Crippen LogP contribution in [0, 0.1) is 0 Å². The summed E-state index contributed by atoms with van der Waals surface area (Å²) >= 11 is 0. The van der Waals surface area contributed by atoms with Crippen LogP contribution in [0.5, 0.6) is 0 Å². The average Bonchev–Trinajstić information content (AvgIpc) is 3.26. The Labute approximate surface area is 187 Å². The first-order chi connectivity index (χ1) is 16.3. The lowest BCUT2D eigenvalue weighted by molar-refractivity contribution is -0.141.